The first-order valence-electron chi connectivity index (χ1n) is 5.90. The van der Waals surface area contributed by atoms with Crippen LogP contribution in [0.2, 0.25) is 0 Å². The van der Waals surface area contributed by atoms with Crippen molar-refractivity contribution >= 4 is 5.97 Å². The van der Waals surface area contributed by atoms with Gasteiger partial charge in [-0.25, -0.2) is 0 Å². The molecule has 0 amide bonds. The molecule has 0 bridgehead atoms. The van der Waals surface area contributed by atoms with E-state index in [1.807, 2.05) is 0 Å². The lowest BCUT2D eigenvalue weighted by atomic mass is 9.78. The average Bonchev–Trinajstić information content (AvgIpc) is 2.53. The molecule has 0 atom stereocenters. The Morgan fingerprint density at radius 3 is 2.43 bits per heavy atom. The minimum Gasteiger partial charge on any atom is -0.481 e. The second-order valence-electron chi connectivity index (χ2n) is 4.73. The van der Waals surface area contributed by atoms with E-state index in [9.17, 15) is 4.79 Å². The van der Waals surface area contributed by atoms with Crippen LogP contribution in [0.1, 0.15) is 64.7 Å². The number of unbranched alkanes of at least 4 members (excludes halogenated alkanes) is 2. The highest BCUT2D eigenvalue weighted by atomic mass is 16.4. The van der Waals surface area contributed by atoms with Crippen LogP contribution in [0.25, 0.3) is 0 Å². The van der Waals surface area contributed by atoms with Crippen molar-refractivity contribution in [2.24, 2.45) is 5.41 Å². The maximum absolute atomic E-state index is 10.8. The van der Waals surface area contributed by atoms with E-state index in [4.69, 9.17) is 5.11 Å². The van der Waals surface area contributed by atoms with Gasteiger partial charge in [0.25, 0.3) is 0 Å². The van der Waals surface area contributed by atoms with Gasteiger partial charge in [0.15, 0.2) is 0 Å². The van der Waals surface area contributed by atoms with Crippen molar-refractivity contribution in [2.45, 2.75) is 64.7 Å². The molecule has 0 spiro atoms. The van der Waals surface area contributed by atoms with E-state index in [1.54, 1.807) is 0 Å². The monoisotopic (exact) mass is 198 g/mol. The zero-order valence-corrected chi connectivity index (χ0v) is 9.22. The van der Waals surface area contributed by atoms with Crippen molar-refractivity contribution in [2.75, 3.05) is 0 Å². The second-order valence-corrected chi connectivity index (χ2v) is 4.73. The molecule has 2 nitrogen and oxygen atoms in total. The standard InChI is InChI=1S/C12H22O2/c1-2-3-4-7-12(10-11(13)14)8-5-6-9-12/h2-10H2,1H3,(H,13,14). The first kappa shape index (κ1) is 11.5. The summed E-state index contributed by atoms with van der Waals surface area (Å²) in [6, 6.07) is 0. The van der Waals surface area contributed by atoms with E-state index in [0.29, 0.717) is 6.42 Å². The average molecular weight is 198 g/mol. The highest BCUT2D eigenvalue weighted by Crippen LogP contribution is 2.45. The predicted octanol–water partition coefficient (Wildman–Crippen LogP) is 3.60. The van der Waals surface area contributed by atoms with E-state index in [0.717, 1.165) is 19.3 Å². The summed E-state index contributed by atoms with van der Waals surface area (Å²) in [5, 5.41) is 8.90. The first-order chi connectivity index (χ1) is 6.68. The van der Waals surface area contributed by atoms with E-state index < -0.39 is 5.97 Å². The molecule has 0 aliphatic heterocycles. The number of rotatable bonds is 6. The topological polar surface area (TPSA) is 37.3 Å². The van der Waals surface area contributed by atoms with Crippen LogP contribution in [0.3, 0.4) is 0 Å². The van der Waals surface area contributed by atoms with Gasteiger partial charge in [0.1, 0.15) is 0 Å². The van der Waals surface area contributed by atoms with Gasteiger partial charge < -0.3 is 5.11 Å². The van der Waals surface area contributed by atoms with Crippen LogP contribution in [-0.2, 0) is 4.79 Å². The van der Waals surface area contributed by atoms with Crippen molar-refractivity contribution in [3.8, 4) is 0 Å². The van der Waals surface area contributed by atoms with Gasteiger partial charge in [0, 0.05) is 0 Å². The molecule has 1 rings (SSSR count). The molecule has 0 saturated heterocycles. The molecule has 82 valence electrons. The largest absolute Gasteiger partial charge is 0.481 e. The quantitative estimate of drug-likeness (QED) is 0.662. The Bertz CT molecular complexity index is 181. The molecule has 0 unspecified atom stereocenters. The third kappa shape index (κ3) is 3.32. The summed E-state index contributed by atoms with van der Waals surface area (Å²) in [6.07, 6.45) is 9.98. The third-order valence-corrected chi connectivity index (χ3v) is 3.50. The fourth-order valence-electron chi connectivity index (χ4n) is 2.71. The van der Waals surface area contributed by atoms with E-state index in [1.165, 1.54) is 32.1 Å². The van der Waals surface area contributed by atoms with Crippen LogP contribution >= 0.6 is 0 Å². The zero-order valence-electron chi connectivity index (χ0n) is 9.22. The number of hydrogen-bond acceptors (Lipinski definition) is 1. The van der Waals surface area contributed by atoms with Crippen LogP contribution in [-0.4, -0.2) is 11.1 Å². The normalized spacial score (nSPS) is 19.8. The second kappa shape index (κ2) is 5.38. The molecule has 2 heteroatoms. The van der Waals surface area contributed by atoms with E-state index in [2.05, 4.69) is 6.92 Å². The van der Waals surface area contributed by atoms with Crippen molar-refractivity contribution in [3.05, 3.63) is 0 Å². The Balaban J connectivity index is 2.40. The minimum atomic E-state index is -0.608. The van der Waals surface area contributed by atoms with Gasteiger partial charge in [-0.2, -0.15) is 0 Å². The predicted molar refractivity (Wildman–Crippen MR) is 57.3 cm³/mol. The van der Waals surface area contributed by atoms with Gasteiger partial charge in [-0.1, -0.05) is 39.0 Å². The summed E-state index contributed by atoms with van der Waals surface area (Å²) < 4.78 is 0. The molecule has 0 heterocycles. The maximum atomic E-state index is 10.8. The summed E-state index contributed by atoms with van der Waals surface area (Å²) in [5.41, 5.74) is 0.168. The van der Waals surface area contributed by atoms with Gasteiger partial charge in [0.2, 0.25) is 0 Å². The van der Waals surface area contributed by atoms with Gasteiger partial charge in [-0.3, -0.25) is 4.79 Å². The Hall–Kier alpha value is -0.530. The van der Waals surface area contributed by atoms with Crippen LogP contribution < -0.4 is 0 Å². The molecule has 1 aliphatic carbocycles. The number of carboxylic acids is 1. The molecule has 14 heavy (non-hydrogen) atoms. The lowest BCUT2D eigenvalue weighted by molar-refractivity contribution is -0.139. The Labute approximate surface area is 86.7 Å². The fourth-order valence-corrected chi connectivity index (χ4v) is 2.71. The zero-order chi connectivity index (χ0) is 10.4. The highest BCUT2D eigenvalue weighted by Gasteiger charge is 2.35. The van der Waals surface area contributed by atoms with Gasteiger partial charge in [0.05, 0.1) is 6.42 Å². The first-order valence-corrected chi connectivity index (χ1v) is 5.90. The SMILES string of the molecule is CCCCCC1(CC(=O)O)CCCC1. The van der Waals surface area contributed by atoms with Crippen LogP contribution in [0.4, 0.5) is 0 Å². The fraction of sp³-hybridized carbons (Fsp3) is 0.917. The third-order valence-electron chi connectivity index (χ3n) is 3.50. The molecule has 1 fully saturated rings. The smallest absolute Gasteiger partial charge is 0.303 e. The van der Waals surface area contributed by atoms with Crippen molar-refractivity contribution in [3.63, 3.8) is 0 Å². The van der Waals surface area contributed by atoms with E-state index in [-0.39, 0.29) is 5.41 Å². The van der Waals surface area contributed by atoms with Crippen LogP contribution in [0.15, 0.2) is 0 Å². The van der Waals surface area contributed by atoms with Gasteiger partial charge in [-0.15, -0.1) is 0 Å². The van der Waals surface area contributed by atoms with Crippen molar-refractivity contribution in [1.82, 2.24) is 0 Å². The summed E-state index contributed by atoms with van der Waals surface area (Å²) in [6.45, 7) is 2.19. The molecule has 1 saturated carbocycles. The number of carbonyl (C=O) groups is 1. The minimum absolute atomic E-state index is 0.168. The molecule has 1 aliphatic rings. The Morgan fingerprint density at radius 1 is 1.29 bits per heavy atom. The van der Waals surface area contributed by atoms with E-state index >= 15 is 0 Å². The molecule has 0 aromatic rings. The molecular formula is C12H22O2. The Morgan fingerprint density at radius 2 is 1.93 bits per heavy atom. The summed E-state index contributed by atoms with van der Waals surface area (Å²) in [7, 11) is 0. The van der Waals surface area contributed by atoms with Crippen molar-refractivity contribution in [1.29, 1.82) is 0 Å². The molecule has 1 N–H and O–H groups in total. The molecule has 0 radical (unpaired) electrons. The molecular weight excluding hydrogens is 176 g/mol. The Kier molecular flexibility index (Phi) is 4.43. The molecule has 0 aromatic heterocycles. The maximum Gasteiger partial charge on any atom is 0.303 e. The van der Waals surface area contributed by atoms with Gasteiger partial charge in [-0.05, 0) is 24.7 Å². The number of aliphatic carboxylic acids is 1. The van der Waals surface area contributed by atoms with Gasteiger partial charge >= 0.3 is 5.97 Å². The van der Waals surface area contributed by atoms with Crippen LogP contribution in [0.5, 0.6) is 0 Å². The number of hydrogen-bond donors (Lipinski definition) is 1. The summed E-state index contributed by atoms with van der Waals surface area (Å²) >= 11 is 0. The van der Waals surface area contributed by atoms with Crippen molar-refractivity contribution < 1.29 is 9.90 Å². The summed E-state index contributed by atoms with van der Waals surface area (Å²) in [4.78, 5) is 10.8. The van der Waals surface area contributed by atoms with Crippen LogP contribution in [0, 0.1) is 5.41 Å². The highest BCUT2D eigenvalue weighted by molar-refractivity contribution is 5.67. The summed E-state index contributed by atoms with van der Waals surface area (Å²) in [5.74, 6) is -0.608. The lowest BCUT2D eigenvalue weighted by Crippen LogP contribution is -2.20. The lowest BCUT2D eigenvalue weighted by Gasteiger charge is -2.26. The molecule has 0 aromatic carbocycles. The number of carboxylic acid groups (broad SMARTS) is 1.